The topological polar surface area (TPSA) is 54.9 Å². The number of nitrogens with zero attached hydrogens (tertiary/aromatic N) is 2. The number of hydrogen-bond donors (Lipinski definition) is 1. The van der Waals surface area contributed by atoms with Gasteiger partial charge in [-0.15, -0.1) is 11.3 Å². The first-order chi connectivity index (χ1) is 10.7. The fraction of sp³-hybridized carbons (Fsp3) is 0.471. The van der Waals surface area contributed by atoms with Crippen molar-refractivity contribution in [2.24, 2.45) is 5.92 Å². The van der Waals surface area contributed by atoms with Gasteiger partial charge in [-0.05, 0) is 31.9 Å². The van der Waals surface area contributed by atoms with Crippen molar-refractivity contribution in [1.82, 2.24) is 15.3 Å². The first-order valence-electron chi connectivity index (χ1n) is 7.81. The Morgan fingerprint density at radius 3 is 2.73 bits per heavy atom. The zero-order valence-corrected chi connectivity index (χ0v) is 14.2. The largest absolute Gasteiger partial charge is 0.356 e. The molecule has 1 amide bonds. The van der Waals surface area contributed by atoms with Crippen LogP contribution in [-0.2, 0) is 11.2 Å². The number of rotatable bonds is 7. The number of amides is 1. The Labute approximate surface area is 136 Å². The fourth-order valence-electron chi connectivity index (χ4n) is 2.36. The molecule has 118 valence electrons. The highest BCUT2D eigenvalue weighted by Crippen LogP contribution is 2.26. The summed E-state index contributed by atoms with van der Waals surface area (Å²) in [4.78, 5) is 22.1. The molecule has 0 radical (unpaired) electrons. The quantitative estimate of drug-likeness (QED) is 0.849. The molecule has 22 heavy (non-hydrogen) atoms. The highest BCUT2D eigenvalue weighted by Gasteiger charge is 2.14. The molecule has 0 saturated carbocycles. The van der Waals surface area contributed by atoms with Crippen LogP contribution in [0.1, 0.15) is 37.3 Å². The second-order valence-electron chi connectivity index (χ2n) is 5.30. The lowest BCUT2D eigenvalue weighted by atomic mass is 10.0. The monoisotopic (exact) mass is 317 g/mol. The summed E-state index contributed by atoms with van der Waals surface area (Å²) in [5, 5.41) is 3.98. The molecule has 0 atom stereocenters. The lowest BCUT2D eigenvalue weighted by Gasteiger charge is -2.12. The molecule has 2 aromatic rings. The molecule has 5 heteroatoms. The van der Waals surface area contributed by atoms with Crippen molar-refractivity contribution in [2.75, 3.05) is 6.54 Å². The number of aryl methyl sites for hydroxylation is 1. The summed E-state index contributed by atoms with van der Waals surface area (Å²) in [5.74, 6) is 0.295. The minimum atomic E-state index is 0.131. The van der Waals surface area contributed by atoms with Gasteiger partial charge < -0.3 is 5.32 Å². The van der Waals surface area contributed by atoms with E-state index in [4.69, 9.17) is 0 Å². The summed E-state index contributed by atoms with van der Waals surface area (Å²) in [7, 11) is 0. The third-order valence-corrected chi connectivity index (χ3v) is 5.02. The van der Waals surface area contributed by atoms with Crippen LogP contribution < -0.4 is 5.32 Å². The molecule has 0 aliphatic heterocycles. The molecular weight excluding hydrogens is 294 g/mol. The summed E-state index contributed by atoms with van der Waals surface area (Å²) in [6.45, 7) is 6.79. The highest BCUT2D eigenvalue weighted by atomic mass is 32.1. The van der Waals surface area contributed by atoms with Crippen LogP contribution in [-0.4, -0.2) is 22.4 Å². The van der Waals surface area contributed by atoms with Gasteiger partial charge in [0.15, 0.2) is 0 Å². The Morgan fingerprint density at radius 1 is 1.32 bits per heavy atom. The number of carbonyl (C=O) groups is 1. The summed E-state index contributed by atoms with van der Waals surface area (Å²) in [6, 6.07) is 5.84. The Kier molecular flexibility index (Phi) is 6.07. The van der Waals surface area contributed by atoms with Crippen molar-refractivity contribution in [3.63, 3.8) is 0 Å². The highest BCUT2D eigenvalue weighted by molar-refractivity contribution is 7.15. The molecule has 0 spiro atoms. The minimum absolute atomic E-state index is 0.131. The van der Waals surface area contributed by atoms with E-state index >= 15 is 0 Å². The zero-order chi connectivity index (χ0) is 15.9. The Bertz CT molecular complexity index is 606. The van der Waals surface area contributed by atoms with Crippen LogP contribution in [0.2, 0.25) is 0 Å². The molecule has 2 rings (SSSR count). The molecule has 0 aliphatic rings. The molecule has 0 aliphatic carbocycles. The SMILES string of the molecule is CCC(CC)C(=O)NCCc1sc(-c2ccccn2)nc1C. The molecule has 0 aromatic carbocycles. The summed E-state index contributed by atoms with van der Waals surface area (Å²) < 4.78 is 0. The number of nitrogens with one attached hydrogen (secondary N) is 1. The zero-order valence-electron chi connectivity index (χ0n) is 13.4. The van der Waals surface area contributed by atoms with Crippen molar-refractivity contribution in [3.05, 3.63) is 35.0 Å². The van der Waals surface area contributed by atoms with Crippen molar-refractivity contribution < 1.29 is 4.79 Å². The van der Waals surface area contributed by atoms with Gasteiger partial charge in [0.2, 0.25) is 5.91 Å². The fourth-order valence-corrected chi connectivity index (χ4v) is 3.40. The van der Waals surface area contributed by atoms with Gasteiger partial charge in [-0.3, -0.25) is 9.78 Å². The van der Waals surface area contributed by atoms with Crippen LogP contribution >= 0.6 is 11.3 Å². The van der Waals surface area contributed by atoms with E-state index in [2.05, 4.69) is 29.1 Å². The predicted octanol–water partition coefficient (Wildman–Crippen LogP) is 3.61. The van der Waals surface area contributed by atoms with Gasteiger partial charge in [0, 0.05) is 30.0 Å². The van der Waals surface area contributed by atoms with Gasteiger partial charge in [0.25, 0.3) is 0 Å². The third-order valence-electron chi connectivity index (χ3n) is 3.78. The molecule has 2 aromatic heterocycles. The first-order valence-corrected chi connectivity index (χ1v) is 8.62. The summed E-state index contributed by atoms with van der Waals surface area (Å²) in [5.41, 5.74) is 1.94. The van der Waals surface area contributed by atoms with Crippen LogP contribution in [0, 0.1) is 12.8 Å². The maximum atomic E-state index is 12.0. The predicted molar refractivity (Wildman–Crippen MR) is 90.9 cm³/mol. The van der Waals surface area contributed by atoms with Crippen molar-refractivity contribution in [1.29, 1.82) is 0 Å². The maximum Gasteiger partial charge on any atom is 0.223 e. The molecule has 1 N–H and O–H groups in total. The molecule has 2 heterocycles. The second kappa shape index (κ2) is 8.03. The molecule has 0 bridgehead atoms. The van der Waals surface area contributed by atoms with Gasteiger partial charge in [-0.1, -0.05) is 19.9 Å². The van der Waals surface area contributed by atoms with Crippen LogP contribution in [0.3, 0.4) is 0 Å². The average molecular weight is 317 g/mol. The Morgan fingerprint density at radius 2 is 2.09 bits per heavy atom. The second-order valence-corrected chi connectivity index (χ2v) is 6.38. The molecule has 4 nitrogen and oxygen atoms in total. The van der Waals surface area contributed by atoms with Crippen molar-refractivity contribution in [3.8, 4) is 10.7 Å². The van der Waals surface area contributed by atoms with E-state index in [0.717, 1.165) is 35.7 Å². The standard InChI is InChI=1S/C17H23N3OS/c1-4-13(5-2)16(21)19-11-9-15-12(3)20-17(22-15)14-8-6-7-10-18-14/h6-8,10,13H,4-5,9,11H2,1-3H3,(H,19,21). The van der Waals surface area contributed by atoms with Gasteiger partial charge in [-0.25, -0.2) is 4.98 Å². The maximum absolute atomic E-state index is 12.0. The first kappa shape index (κ1) is 16.6. The smallest absolute Gasteiger partial charge is 0.223 e. The van der Waals surface area contributed by atoms with Crippen LogP contribution in [0.4, 0.5) is 0 Å². The number of thiazole rings is 1. The number of hydrogen-bond acceptors (Lipinski definition) is 4. The van der Waals surface area contributed by atoms with E-state index in [1.807, 2.05) is 25.1 Å². The van der Waals surface area contributed by atoms with Gasteiger partial charge >= 0.3 is 0 Å². The Balaban J connectivity index is 1.94. The van der Waals surface area contributed by atoms with Crippen LogP contribution in [0.25, 0.3) is 10.7 Å². The van der Waals surface area contributed by atoms with E-state index < -0.39 is 0 Å². The van der Waals surface area contributed by atoms with E-state index in [1.54, 1.807) is 17.5 Å². The van der Waals surface area contributed by atoms with Crippen LogP contribution in [0.5, 0.6) is 0 Å². The van der Waals surface area contributed by atoms with Gasteiger partial charge in [0.1, 0.15) is 5.01 Å². The summed E-state index contributed by atoms with van der Waals surface area (Å²) >= 11 is 1.66. The minimum Gasteiger partial charge on any atom is -0.356 e. The van der Waals surface area contributed by atoms with E-state index in [0.29, 0.717) is 6.54 Å². The van der Waals surface area contributed by atoms with E-state index in [-0.39, 0.29) is 11.8 Å². The van der Waals surface area contributed by atoms with E-state index in [1.165, 1.54) is 4.88 Å². The molecule has 0 saturated heterocycles. The van der Waals surface area contributed by atoms with Crippen molar-refractivity contribution in [2.45, 2.75) is 40.0 Å². The summed E-state index contributed by atoms with van der Waals surface area (Å²) in [6.07, 6.45) is 4.39. The van der Waals surface area contributed by atoms with Crippen molar-refractivity contribution >= 4 is 17.2 Å². The number of aromatic nitrogens is 2. The molecule has 0 unspecified atom stereocenters. The molecular formula is C17H23N3OS. The number of carbonyl (C=O) groups excluding carboxylic acids is 1. The third kappa shape index (κ3) is 4.13. The van der Waals surface area contributed by atoms with Crippen LogP contribution in [0.15, 0.2) is 24.4 Å². The Hall–Kier alpha value is -1.75. The van der Waals surface area contributed by atoms with E-state index in [9.17, 15) is 4.79 Å². The average Bonchev–Trinajstić information content (AvgIpc) is 2.91. The molecule has 0 fully saturated rings. The lowest BCUT2D eigenvalue weighted by molar-refractivity contribution is -0.125. The normalized spacial score (nSPS) is 10.9. The van der Waals surface area contributed by atoms with Gasteiger partial charge in [0.05, 0.1) is 11.4 Å². The number of pyridine rings is 1. The lowest BCUT2D eigenvalue weighted by Crippen LogP contribution is -2.31. The van der Waals surface area contributed by atoms with Gasteiger partial charge in [-0.2, -0.15) is 0 Å².